The van der Waals surface area contributed by atoms with E-state index in [9.17, 15) is 0 Å². The van der Waals surface area contributed by atoms with Gasteiger partial charge in [-0.3, -0.25) is 4.98 Å². The Morgan fingerprint density at radius 3 is 2.63 bits per heavy atom. The first-order valence-corrected chi connectivity index (χ1v) is 7.39. The Morgan fingerprint density at radius 1 is 1.21 bits per heavy atom. The lowest BCUT2D eigenvalue weighted by atomic mass is 10.1. The highest BCUT2D eigenvalue weighted by Crippen LogP contribution is 2.10. The molecule has 1 unspecified atom stereocenters. The molecule has 0 saturated heterocycles. The van der Waals surface area contributed by atoms with Crippen LogP contribution in [0.3, 0.4) is 0 Å². The second-order valence-corrected chi connectivity index (χ2v) is 5.55. The quantitative estimate of drug-likeness (QED) is 0.693. The predicted molar refractivity (Wildman–Crippen MR) is 79.9 cm³/mol. The smallest absolute Gasteiger partial charge is 0.0891 e. The number of hydrogen-bond donors (Lipinski definition) is 1. The molecule has 0 bridgehead atoms. The Kier molecular flexibility index (Phi) is 7.68. The zero-order chi connectivity index (χ0) is 14.1. The molecule has 19 heavy (non-hydrogen) atoms. The molecule has 1 N–H and O–H groups in total. The second kappa shape index (κ2) is 9.05. The van der Waals surface area contributed by atoms with Gasteiger partial charge in [0.15, 0.2) is 0 Å². The molecule has 1 atom stereocenters. The summed E-state index contributed by atoms with van der Waals surface area (Å²) in [5.74, 6) is 0.674. The number of rotatable bonds is 9. The minimum atomic E-state index is 0.295. The number of pyridine rings is 1. The summed E-state index contributed by atoms with van der Waals surface area (Å²) in [7, 11) is 0. The van der Waals surface area contributed by atoms with Gasteiger partial charge in [-0.1, -0.05) is 26.8 Å². The second-order valence-electron chi connectivity index (χ2n) is 5.55. The lowest BCUT2D eigenvalue weighted by Crippen LogP contribution is -2.16. The zero-order valence-electron chi connectivity index (χ0n) is 12.8. The molecular formula is C16H28N2O. The highest BCUT2D eigenvalue weighted by molar-refractivity contribution is 5.10. The van der Waals surface area contributed by atoms with Crippen molar-refractivity contribution in [2.24, 2.45) is 5.92 Å². The average Bonchev–Trinajstić information content (AvgIpc) is 2.36. The summed E-state index contributed by atoms with van der Waals surface area (Å²) in [4.78, 5) is 4.61. The van der Waals surface area contributed by atoms with Crippen LogP contribution >= 0.6 is 0 Å². The maximum absolute atomic E-state index is 5.84. The van der Waals surface area contributed by atoms with Crippen LogP contribution in [0.2, 0.25) is 0 Å². The van der Waals surface area contributed by atoms with E-state index in [2.05, 4.69) is 50.1 Å². The van der Waals surface area contributed by atoms with Gasteiger partial charge in [0.05, 0.1) is 24.1 Å². The molecule has 0 amide bonds. The van der Waals surface area contributed by atoms with Gasteiger partial charge >= 0.3 is 0 Å². The standard InChI is InChI=1S/C16H28N2O/c1-5-9-17-11-15-7-6-8-16(18-15)12-19-14(4)10-13(2)3/h6-8,13-14,17H,5,9-12H2,1-4H3. The van der Waals surface area contributed by atoms with Crippen molar-refractivity contribution in [3.63, 3.8) is 0 Å². The molecule has 0 aromatic carbocycles. The maximum Gasteiger partial charge on any atom is 0.0891 e. The van der Waals surface area contributed by atoms with Gasteiger partial charge in [-0.2, -0.15) is 0 Å². The third-order valence-corrected chi connectivity index (χ3v) is 2.92. The van der Waals surface area contributed by atoms with E-state index in [-0.39, 0.29) is 0 Å². The fraction of sp³-hybridized carbons (Fsp3) is 0.688. The van der Waals surface area contributed by atoms with Gasteiger partial charge in [0.1, 0.15) is 0 Å². The van der Waals surface area contributed by atoms with Gasteiger partial charge in [0, 0.05) is 6.54 Å². The predicted octanol–water partition coefficient (Wildman–Crippen LogP) is 3.53. The highest BCUT2D eigenvalue weighted by atomic mass is 16.5. The third-order valence-electron chi connectivity index (χ3n) is 2.92. The Hall–Kier alpha value is -0.930. The van der Waals surface area contributed by atoms with E-state index in [4.69, 9.17) is 4.74 Å². The summed E-state index contributed by atoms with van der Waals surface area (Å²) in [5.41, 5.74) is 2.11. The fourth-order valence-corrected chi connectivity index (χ4v) is 2.06. The molecule has 1 aromatic rings. The summed E-state index contributed by atoms with van der Waals surface area (Å²) in [6, 6.07) is 6.15. The Morgan fingerprint density at radius 2 is 1.95 bits per heavy atom. The van der Waals surface area contributed by atoms with Crippen molar-refractivity contribution in [2.75, 3.05) is 6.54 Å². The van der Waals surface area contributed by atoms with Crippen molar-refractivity contribution in [3.05, 3.63) is 29.6 Å². The van der Waals surface area contributed by atoms with Gasteiger partial charge in [-0.25, -0.2) is 0 Å². The van der Waals surface area contributed by atoms with E-state index in [0.717, 1.165) is 37.3 Å². The van der Waals surface area contributed by atoms with Crippen LogP contribution in [0, 0.1) is 5.92 Å². The van der Waals surface area contributed by atoms with Crippen LogP contribution in [0.15, 0.2) is 18.2 Å². The molecule has 0 aliphatic carbocycles. The molecule has 0 radical (unpaired) electrons. The molecule has 3 heteroatoms. The van der Waals surface area contributed by atoms with Crippen LogP contribution in [0.4, 0.5) is 0 Å². The van der Waals surface area contributed by atoms with Crippen molar-refractivity contribution in [3.8, 4) is 0 Å². The number of hydrogen-bond acceptors (Lipinski definition) is 3. The van der Waals surface area contributed by atoms with E-state index in [1.165, 1.54) is 0 Å². The van der Waals surface area contributed by atoms with Crippen LogP contribution < -0.4 is 5.32 Å². The first kappa shape index (κ1) is 16.1. The summed E-state index contributed by atoms with van der Waals surface area (Å²) < 4.78 is 5.84. The molecule has 1 rings (SSSR count). The summed E-state index contributed by atoms with van der Waals surface area (Å²) in [6.07, 6.45) is 2.54. The van der Waals surface area contributed by atoms with Crippen LogP contribution in [-0.2, 0) is 17.9 Å². The van der Waals surface area contributed by atoms with Gasteiger partial charge in [-0.15, -0.1) is 0 Å². The molecule has 1 heterocycles. The fourth-order valence-electron chi connectivity index (χ4n) is 2.06. The first-order valence-electron chi connectivity index (χ1n) is 7.39. The molecule has 0 spiro atoms. The van der Waals surface area contributed by atoms with Crippen molar-refractivity contribution < 1.29 is 4.74 Å². The largest absolute Gasteiger partial charge is 0.372 e. The minimum Gasteiger partial charge on any atom is -0.372 e. The van der Waals surface area contributed by atoms with Gasteiger partial charge < -0.3 is 10.1 Å². The normalized spacial score (nSPS) is 12.9. The number of nitrogens with one attached hydrogen (secondary N) is 1. The number of nitrogens with zero attached hydrogens (tertiary/aromatic N) is 1. The highest BCUT2D eigenvalue weighted by Gasteiger charge is 2.06. The molecule has 0 aliphatic heterocycles. The average molecular weight is 264 g/mol. The van der Waals surface area contributed by atoms with Crippen molar-refractivity contribution in [2.45, 2.75) is 59.8 Å². The van der Waals surface area contributed by atoms with E-state index in [1.807, 2.05) is 6.07 Å². The van der Waals surface area contributed by atoms with Crippen molar-refractivity contribution >= 4 is 0 Å². The molecule has 108 valence electrons. The molecule has 3 nitrogen and oxygen atoms in total. The molecule has 0 aliphatic rings. The monoisotopic (exact) mass is 264 g/mol. The zero-order valence-corrected chi connectivity index (χ0v) is 12.8. The SMILES string of the molecule is CCCNCc1cccc(COC(C)CC(C)C)n1. The lowest BCUT2D eigenvalue weighted by molar-refractivity contribution is 0.0378. The molecular weight excluding hydrogens is 236 g/mol. The Balaban J connectivity index is 2.39. The Labute approximate surface area is 117 Å². The van der Waals surface area contributed by atoms with Gasteiger partial charge in [-0.05, 0) is 44.4 Å². The van der Waals surface area contributed by atoms with E-state index in [1.54, 1.807) is 0 Å². The van der Waals surface area contributed by atoms with Gasteiger partial charge in [0.2, 0.25) is 0 Å². The number of aromatic nitrogens is 1. The minimum absolute atomic E-state index is 0.295. The van der Waals surface area contributed by atoms with Crippen LogP contribution in [0.5, 0.6) is 0 Å². The van der Waals surface area contributed by atoms with Gasteiger partial charge in [0.25, 0.3) is 0 Å². The molecule has 0 saturated carbocycles. The van der Waals surface area contributed by atoms with E-state index in [0.29, 0.717) is 18.6 Å². The van der Waals surface area contributed by atoms with E-state index < -0.39 is 0 Å². The summed E-state index contributed by atoms with van der Waals surface area (Å²) >= 11 is 0. The summed E-state index contributed by atoms with van der Waals surface area (Å²) in [5, 5.41) is 3.37. The topological polar surface area (TPSA) is 34.1 Å². The van der Waals surface area contributed by atoms with Crippen molar-refractivity contribution in [1.29, 1.82) is 0 Å². The van der Waals surface area contributed by atoms with Crippen LogP contribution in [0.25, 0.3) is 0 Å². The molecule has 1 aromatic heterocycles. The first-order chi connectivity index (χ1) is 9.11. The Bertz CT molecular complexity index is 352. The molecule has 0 fully saturated rings. The number of ether oxygens (including phenoxy) is 1. The lowest BCUT2D eigenvalue weighted by Gasteiger charge is -2.15. The van der Waals surface area contributed by atoms with Crippen LogP contribution in [0.1, 0.15) is 51.9 Å². The third kappa shape index (κ3) is 7.28. The maximum atomic E-state index is 5.84. The summed E-state index contributed by atoms with van der Waals surface area (Å²) in [6.45, 7) is 11.2. The van der Waals surface area contributed by atoms with E-state index >= 15 is 0 Å². The van der Waals surface area contributed by atoms with Crippen LogP contribution in [-0.4, -0.2) is 17.6 Å². The van der Waals surface area contributed by atoms with Crippen molar-refractivity contribution in [1.82, 2.24) is 10.3 Å².